The Hall–Kier alpha value is -1.44. The van der Waals surface area contributed by atoms with E-state index in [-0.39, 0.29) is 30.9 Å². The predicted molar refractivity (Wildman–Crippen MR) is 80.1 cm³/mol. The summed E-state index contributed by atoms with van der Waals surface area (Å²) in [6, 6.07) is -0.439. The fourth-order valence-electron chi connectivity index (χ4n) is 2.28. The van der Waals surface area contributed by atoms with Gasteiger partial charge in [-0.1, -0.05) is 19.9 Å². The normalized spacial score (nSPS) is 17.6. The molecule has 0 saturated carbocycles. The molecule has 1 atom stereocenters. The Morgan fingerprint density at radius 3 is 2.43 bits per heavy atom. The minimum absolute atomic E-state index is 0.00235. The Bertz CT molecular complexity index is 365. The first kappa shape index (κ1) is 17.6. The van der Waals surface area contributed by atoms with Crippen molar-refractivity contribution < 1.29 is 14.4 Å². The largest absolute Gasteiger partial charge is 0.340 e. The number of nitrogens with two attached hydrogens (primary N) is 1. The van der Waals surface area contributed by atoms with Crippen LogP contribution in [-0.4, -0.2) is 67.0 Å². The number of hydroxylamine groups is 1. The minimum Gasteiger partial charge on any atom is -0.340 e. The number of carbonyl (C=O) groups excluding carboxylic acids is 2. The van der Waals surface area contributed by atoms with Crippen molar-refractivity contribution in [2.24, 2.45) is 11.7 Å². The van der Waals surface area contributed by atoms with E-state index in [1.807, 2.05) is 23.6 Å². The van der Waals surface area contributed by atoms with Crippen molar-refractivity contribution in [2.75, 3.05) is 39.3 Å². The zero-order valence-electron chi connectivity index (χ0n) is 12.9. The zero-order chi connectivity index (χ0) is 15.8. The summed E-state index contributed by atoms with van der Waals surface area (Å²) in [7, 11) is 0. The van der Waals surface area contributed by atoms with E-state index in [1.54, 1.807) is 6.08 Å². The number of nitrogens with zero attached hydrogens (tertiary/aromatic N) is 2. The summed E-state index contributed by atoms with van der Waals surface area (Å²) in [6.07, 6.45) is 1.55. The minimum atomic E-state index is -0.439. The Balaban J connectivity index is 2.48. The highest BCUT2D eigenvalue weighted by Gasteiger charge is 2.30. The molecule has 2 amide bonds. The Labute approximate surface area is 126 Å². The first-order valence-corrected chi connectivity index (χ1v) is 7.26. The average molecular weight is 298 g/mol. The van der Waals surface area contributed by atoms with E-state index < -0.39 is 6.04 Å². The van der Waals surface area contributed by atoms with Gasteiger partial charge in [-0.25, -0.2) is 5.48 Å². The number of nitrogens with one attached hydrogen (secondary N) is 1. The maximum atomic E-state index is 12.0. The van der Waals surface area contributed by atoms with Crippen LogP contribution in [0.15, 0.2) is 12.7 Å². The van der Waals surface area contributed by atoms with Crippen LogP contribution >= 0.6 is 0 Å². The predicted octanol–water partition coefficient (Wildman–Crippen LogP) is -0.652. The van der Waals surface area contributed by atoms with Gasteiger partial charge in [0, 0.05) is 38.6 Å². The lowest BCUT2D eigenvalue weighted by molar-refractivity contribution is -0.141. The zero-order valence-corrected chi connectivity index (χ0v) is 12.9. The highest BCUT2D eigenvalue weighted by Crippen LogP contribution is 2.09. The smallest absolute Gasteiger partial charge is 0.262 e. The van der Waals surface area contributed by atoms with E-state index in [0.29, 0.717) is 26.2 Å². The molecule has 1 rings (SSSR count). The lowest BCUT2D eigenvalue weighted by Gasteiger charge is -2.38. The molecule has 1 fully saturated rings. The molecule has 1 aliphatic heterocycles. The molecule has 0 aliphatic carbocycles. The van der Waals surface area contributed by atoms with Crippen molar-refractivity contribution in [3.63, 3.8) is 0 Å². The number of carbonyl (C=O) groups is 2. The van der Waals surface area contributed by atoms with E-state index in [1.165, 1.54) is 0 Å². The molecule has 0 bridgehead atoms. The molecule has 120 valence electrons. The Morgan fingerprint density at radius 2 is 1.95 bits per heavy atom. The molecule has 7 nitrogen and oxygen atoms in total. The van der Waals surface area contributed by atoms with Crippen LogP contribution < -0.4 is 11.2 Å². The van der Waals surface area contributed by atoms with Gasteiger partial charge in [-0.05, 0) is 0 Å². The highest BCUT2D eigenvalue weighted by atomic mass is 16.6. The van der Waals surface area contributed by atoms with Crippen LogP contribution in [0.5, 0.6) is 0 Å². The van der Waals surface area contributed by atoms with Crippen molar-refractivity contribution in [1.29, 1.82) is 0 Å². The molecular formula is C14H26N4O3. The summed E-state index contributed by atoms with van der Waals surface area (Å²) in [4.78, 5) is 32.7. The van der Waals surface area contributed by atoms with Crippen molar-refractivity contribution >= 4 is 11.8 Å². The van der Waals surface area contributed by atoms with Crippen LogP contribution in [0.25, 0.3) is 0 Å². The van der Waals surface area contributed by atoms with Gasteiger partial charge in [0.25, 0.3) is 5.91 Å². The molecule has 0 spiro atoms. The topological polar surface area (TPSA) is 87.9 Å². The SMILES string of the molecule is C=CCONC(=O)[C@H](CN)N1CCN(C(=O)C(C)C)CC1. The summed E-state index contributed by atoms with van der Waals surface area (Å²) in [5, 5.41) is 0. The summed E-state index contributed by atoms with van der Waals surface area (Å²) < 4.78 is 0. The molecule has 0 radical (unpaired) electrons. The molecule has 0 aromatic heterocycles. The number of piperazine rings is 1. The van der Waals surface area contributed by atoms with Gasteiger partial charge in [-0.3, -0.25) is 19.3 Å². The fraction of sp³-hybridized carbons (Fsp3) is 0.714. The van der Waals surface area contributed by atoms with Crippen molar-refractivity contribution in [1.82, 2.24) is 15.3 Å². The second-order valence-electron chi connectivity index (χ2n) is 5.33. The maximum Gasteiger partial charge on any atom is 0.262 e. The van der Waals surface area contributed by atoms with Gasteiger partial charge in [0.05, 0.1) is 6.61 Å². The fourth-order valence-corrected chi connectivity index (χ4v) is 2.28. The molecule has 0 aromatic rings. The second-order valence-corrected chi connectivity index (χ2v) is 5.33. The van der Waals surface area contributed by atoms with Gasteiger partial charge >= 0.3 is 0 Å². The third-order valence-corrected chi connectivity index (χ3v) is 3.46. The van der Waals surface area contributed by atoms with E-state index >= 15 is 0 Å². The number of hydrogen-bond acceptors (Lipinski definition) is 5. The number of rotatable bonds is 7. The van der Waals surface area contributed by atoms with E-state index in [2.05, 4.69) is 12.1 Å². The maximum absolute atomic E-state index is 12.0. The second kappa shape index (κ2) is 8.76. The third-order valence-electron chi connectivity index (χ3n) is 3.46. The molecule has 3 N–H and O–H groups in total. The lowest BCUT2D eigenvalue weighted by atomic mass is 10.1. The third kappa shape index (κ3) is 5.11. The molecule has 1 aliphatic rings. The van der Waals surface area contributed by atoms with E-state index in [0.717, 1.165) is 0 Å². The van der Waals surface area contributed by atoms with Gasteiger partial charge in [0.15, 0.2) is 0 Å². The Morgan fingerprint density at radius 1 is 1.33 bits per heavy atom. The van der Waals surface area contributed by atoms with Gasteiger partial charge in [-0.2, -0.15) is 0 Å². The van der Waals surface area contributed by atoms with Crippen molar-refractivity contribution in [3.05, 3.63) is 12.7 Å². The van der Waals surface area contributed by atoms with Gasteiger partial charge in [0.1, 0.15) is 6.04 Å². The van der Waals surface area contributed by atoms with E-state index in [9.17, 15) is 9.59 Å². The quantitative estimate of drug-likeness (QED) is 0.370. The van der Waals surface area contributed by atoms with E-state index in [4.69, 9.17) is 10.6 Å². The molecular weight excluding hydrogens is 272 g/mol. The number of hydrogen-bond donors (Lipinski definition) is 2. The van der Waals surface area contributed by atoms with Gasteiger partial charge < -0.3 is 10.6 Å². The number of amides is 2. The monoisotopic (exact) mass is 298 g/mol. The first-order valence-electron chi connectivity index (χ1n) is 7.26. The van der Waals surface area contributed by atoms with Crippen molar-refractivity contribution in [3.8, 4) is 0 Å². The summed E-state index contributed by atoms with van der Waals surface area (Å²) in [5.74, 6) is -0.113. The molecule has 1 heterocycles. The van der Waals surface area contributed by atoms with Crippen molar-refractivity contribution in [2.45, 2.75) is 19.9 Å². The lowest BCUT2D eigenvalue weighted by Crippen LogP contribution is -2.58. The first-order chi connectivity index (χ1) is 10.0. The van der Waals surface area contributed by atoms with Crippen LogP contribution in [0.4, 0.5) is 0 Å². The average Bonchev–Trinajstić information content (AvgIpc) is 2.48. The van der Waals surface area contributed by atoms with Crippen LogP contribution in [0.1, 0.15) is 13.8 Å². The Kier molecular flexibility index (Phi) is 7.35. The summed E-state index contributed by atoms with van der Waals surface area (Å²) in [5.41, 5.74) is 8.06. The highest BCUT2D eigenvalue weighted by molar-refractivity contribution is 5.81. The molecule has 21 heavy (non-hydrogen) atoms. The van der Waals surface area contributed by atoms with Crippen LogP contribution in [0.2, 0.25) is 0 Å². The van der Waals surface area contributed by atoms with Crippen LogP contribution in [-0.2, 0) is 14.4 Å². The van der Waals surface area contributed by atoms with Gasteiger partial charge in [-0.15, -0.1) is 6.58 Å². The molecule has 7 heteroatoms. The molecule has 1 saturated heterocycles. The van der Waals surface area contributed by atoms with Crippen LogP contribution in [0.3, 0.4) is 0 Å². The standard InChI is InChI=1S/C14H26N4O3/c1-4-9-21-16-13(19)12(10-15)17-5-7-18(8-6-17)14(20)11(2)3/h4,11-12H,1,5-10,15H2,2-3H3,(H,16,19)/t12-/m0/s1. The summed E-state index contributed by atoms with van der Waals surface area (Å²) >= 11 is 0. The summed E-state index contributed by atoms with van der Waals surface area (Å²) in [6.45, 7) is 10.3. The molecule has 0 unspecified atom stereocenters. The van der Waals surface area contributed by atoms with Gasteiger partial charge in [0.2, 0.25) is 5.91 Å². The van der Waals surface area contributed by atoms with Crippen LogP contribution in [0, 0.1) is 5.92 Å². The molecule has 0 aromatic carbocycles.